The van der Waals surface area contributed by atoms with Gasteiger partial charge in [-0.1, -0.05) is 32.6 Å². The van der Waals surface area contributed by atoms with Gasteiger partial charge in [0.05, 0.1) is 6.61 Å². The van der Waals surface area contributed by atoms with Gasteiger partial charge in [0, 0.05) is 13.6 Å². The third kappa shape index (κ3) is 4.51. The lowest BCUT2D eigenvalue weighted by Gasteiger charge is -2.11. The minimum Gasteiger partial charge on any atom is -0.463 e. The summed E-state index contributed by atoms with van der Waals surface area (Å²) in [7, 11) is 1.79. The Kier molecular flexibility index (Phi) is 5.83. The number of hydrogen-bond acceptors (Lipinski definition) is 6. The van der Waals surface area contributed by atoms with Crippen molar-refractivity contribution in [2.75, 3.05) is 30.8 Å². The number of aromatic nitrogens is 3. The van der Waals surface area contributed by atoms with Crippen molar-refractivity contribution in [3.05, 3.63) is 0 Å². The minimum atomic E-state index is 0.384. The van der Waals surface area contributed by atoms with E-state index in [1.165, 1.54) is 32.1 Å². The normalized spacial score (nSPS) is 15.3. The van der Waals surface area contributed by atoms with Crippen molar-refractivity contribution in [1.82, 2.24) is 15.0 Å². The van der Waals surface area contributed by atoms with Crippen LogP contribution in [0.1, 0.15) is 45.4 Å². The Morgan fingerprint density at radius 3 is 2.60 bits per heavy atom. The molecule has 0 atom stereocenters. The van der Waals surface area contributed by atoms with Gasteiger partial charge in [0.25, 0.3) is 0 Å². The summed E-state index contributed by atoms with van der Waals surface area (Å²) in [6, 6.07) is 0.384. The first-order valence-electron chi connectivity index (χ1n) is 7.62. The zero-order chi connectivity index (χ0) is 14.2. The van der Waals surface area contributed by atoms with Crippen LogP contribution < -0.4 is 15.4 Å². The van der Waals surface area contributed by atoms with Crippen LogP contribution in [-0.4, -0.2) is 35.2 Å². The summed E-state index contributed by atoms with van der Waals surface area (Å²) in [5.74, 6) is 1.99. The Labute approximate surface area is 120 Å². The maximum Gasteiger partial charge on any atom is 0.323 e. The second kappa shape index (κ2) is 7.87. The van der Waals surface area contributed by atoms with Crippen molar-refractivity contribution in [2.45, 2.75) is 45.4 Å². The lowest BCUT2D eigenvalue weighted by Crippen LogP contribution is -2.12. The van der Waals surface area contributed by atoms with Crippen molar-refractivity contribution in [3.63, 3.8) is 0 Å². The fourth-order valence-corrected chi connectivity index (χ4v) is 2.49. The summed E-state index contributed by atoms with van der Waals surface area (Å²) < 4.78 is 5.48. The Balaban J connectivity index is 1.87. The van der Waals surface area contributed by atoms with Crippen molar-refractivity contribution in [3.8, 4) is 6.01 Å². The van der Waals surface area contributed by atoms with E-state index >= 15 is 0 Å². The summed E-state index contributed by atoms with van der Waals surface area (Å²) in [5.41, 5.74) is 0. The van der Waals surface area contributed by atoms with Gasteiger partial charge in [-0.2, -0.15) is 15.0 Å². The van der Waals surface area contributed by atoms with Gasteiger partial charge >= 0.3 is 6.01 Å². The van der Waals surface area contributed by atoms with Crippen LogP contribution >= 0.6 is 0 Å². The van der Waals surface area contributed by atoms with E-state index in [9.17, 15) is 0 Å². The lowest BCUT2D eigenvalue weighted by atomic mass is 10.0. The van der Waals surface area contributed by atoms with E-state index in [-0.39, 0.29) is 0 Å². The molecule has 0 aromatic carbocycles. The van der Waals surface area contributed by atoms with E-state index in [0.29, 0.717) is 24.5 Å². The maximum atomic E-state index is 5.48. The van der Waals surface area contributed by atoms with Crippen LogP contribution in [-0.2, 0) is 0 Å². The molecule has 2 N–H and O–H groups in total. The summed E-state index contributed by atoms with van der Waals surface area (Å²) in [6.07, 6.45) is 7.62. The highest BCUT2D eigenvalue weighted by Gasteiger charge is 2.14. The smallest absolute Gasteiger partial charge is 0.323 e. The van der Waals surface area contributed by atoms with E-state index in [0.717, 1.165) is 18.9 Å². The number of ether oxygens (including phenoxy) is 1. The van der Waals surface area contributed by atoms with Crippen LogP contribution in [0.15, 0.2) is 0 Å². The van der Waals surface area contributed by atoms with Gasteiger partial charge in [0.1, 0.15) is 0 Å². The molecule has 0 spiro atoms. The van der Waals surface area contributed by atoms with E-state index < -0.39 is 0 Å². The molecule has 1 aliphatic carbocycles. The fraction of sp³-hybridized carbons (Fsp3) is 0.786. The minimum absolute atomic E-state index is 0.384. The van der Waals surface area contributed by atoms with Gasteiger partial charge in [0.2, 0.25) is 11.9 Å². The molecule has 0 aliphatic heterocycles. The zero-order valence-electron chi connectivity index (χ0n) is 12.5. The molecule has 0 saturated heterocycles. The van der Waals surface area contributed by atoms with E-state index in [4.69, 9.17) is 4.74 Å². The monoisotopic (exact) mass is 279 g/mol. The van der Waals surface area contributed by atoms with E-state index in [1.54, 1.807) is 7.05 Å². The quantitative estimate of drug-likeness (QED) is 0.762. The van der Waals surface area contributed by atoms with Crippen molar-refractivity contribution in [2.24, 2.45) is 5.92 Å². The van der Waals surface area contributed by atoms with Gasteiger partial charge in [-0.05, 0) is 18.8 Å². The Bertz CT molecular complexity index is 407. The van der Waals surface area contributed by atoms with Crippen molar-refractivity contribution >= 4 is 11.9 Å². The molecule has 0 bridgehead atoms. The highest BCUT2D eigenvalue weighted by atomic mass is 16.5. The molecule has 0 amide bonds. The van der Waals surface area contributed by atoms with Crippen LogP contribution in [0.2, 0.25) is 0 Å². The predicted molar refractivity (Wildman–Crippen MR) is 80.2 cm³/mol. The average Bonchev–Trinajstić information content (AvgIpc) is 2.98. The second-order valence-corrected chi connectivity index (χ2v) is 5.23. The molecular formula is C14H25N5O. The summed E-state index contributed by atoms with van der Waals surface area (Å²) in [5, 5.41) is 6.21. The number of nitrogens with one attached hydrogen (secondary N) is 2. The second-order valence-electron chi connectivity index (χ2n) is 5.23. The summed E-state index contributed by atoms with van der Waals surface area (Å²) in [6.45, 7) is 3.58. The topological polar surface area (TPSA) is 72.0 Å². The third-order valence-electron chi connectivity index (χ3n) is 3.58. The number of hydrogen-bond donors (Lipinski definition) is 2. The molecule has 1 aromatic rings. The SMILES string of the molecule is CCCOc1nc(NC)nc(NCCC2CCCC2)n1. The van der Waals surface area contributed by atoms with Crippen LogP contribution in [0.5, 0.6) is 6.01 Å². The maximum absolute atomic E-state index is 5.48. The molecule has 6 nitrogen and oxygen atoms in total. The van der Waals surface area contributed by atoms with Gasteiger partial charge in [-0.3, -0.25) is 0 Å². The summed E-state index contributed by atoms with van der Waals surface area (Å²) >= 11 is 0. The molecule has 2 rings (SSSR count). The van der Waals surface area contributed by atoms with E-state index in [2.05, 4.69) is 32.5 Å². The Morgan fingerprint density at radius 2 is 1.90 bits per heavy atom. The highest BCUT2D eigenvalue weighted by molar-refractivity contribution is 5.35. The number of nitrogens with zero attached hydrogens (tertiary/aromatic N) is 3. The molecule has 1 aliphatic rings. The van der Waals surface area contributed by atoms with Crippen LogP contribution in [0, 0.1) is 5.92 Å². The molecular weight excluding hydrogens is 254 g/mol. The highest BCUT2D eigenvalue weighted by Crippen LogP contribution is 2.27. The number of rotatable bonds is 8. The van der Waals surface area contributed by atoms with E-state index in [1.807, 2.05) is 0 Å². The van der Waals surface area contributed by atoms with Gasteiger partial charge in [-0.25, -0.2) is 0 Å². The predicted octanol–water partition coefficient (Wildman–Crippen LogP) is 2.69. The Morgan fingerprint density at radius 1 is 1.15 bits per heavy atom. The first-order chi connectivity index (χ1) is 9.81. The Hall–Kier alpha value is -1.59. The van der Waals surface area contributed by atoms with Crippen LogP contribution in [0.4, 0.5) is 11.9 Å². The average molecular weight is 279 g/mol. The molecule has 6 heteroatoms. The van der Waals surface area contributed by atoms with Crippen LogP contribution in [0.3, 0.4) is 0 Å². The lowest BCUT2D eigenvalue weighted by molar-refractivity contribution is 0.292. The van der Waals surface area contributed by atoms with Gasteiger partial charge in [0.15, 0.2) is 0 Å². The fourth-order valence-electron chi connectivity index (χ4n) is 2.49. The largest absolute Gasteiger partial charge is 0.463 e. The van der Waals surface area contributed by atoms with Crippen LogP contribution in [0.25, 0.3) is 0 Å². The third-order valence-corrected chi connectivity index (χ3v) is 3.58. The first kappa shape index (κ1) is 14.8. The molecule has 112 valence electrons. The van der Waals surface area contributed by atoms with Gasteiger partial charge in [-0.15, -0.1) is 0 Å². The summed E-state index contributed by atoms with van der Waals surface area (Å²) in [4.78, 5) is 12.8. The zero-order valence-corrected chi connectivity index (χ0v) is 12.5. The molecule has 1 heterocycles. The molecule has 1 aromatic heterocycles. The van der Waals surface area contributed by atoms with Crippen molar-refractivity contribution < 1.29 is 4.74 Å². The molecule has 0 unspecified atom stereocenters. The number of anilines is 2. The molecule has 0 radical (unpaired) electrons. The molecule has 1 saturated carbocycles. The molecule has 1 fully saturated rings. The molecule has 20 heavy (non-hydrogen) atoms. The van der Waals surface area contributed by atoms with Gasteiger partial charge < -0.3 is 15.4 Å². The first-order valence-corrected chi connectivity index (χ1v) is 7.62. The standard InChI is InChI=1S/C14H25N5O/c1-3-10-20-14-18-12(15-2)17-13(19-14)16-9-8-11-6-4-5-7-11/h11H,3-10H2,1-2H3,(H2,15,16,17,18,19). The van der Waals surface area contributed by atoms with Crippen molar-refractivity contribution in [1.29, 1.82) is 0 Å².